The largest absolute Gasteiger partial charge is 0.493 e. The molecule has 0 unspecified atom stereocenters. The zero-order valence-electron chi connectivity index (χ0n) is 16.3. The Morgan fingerprint density at radius 2 is 1.71 bits per heavy atom. The lowest BCUT2D eigenvalue weighted by Crippen LogP contribution is -2.37. The van der Waals surface area contributed by atoms with Gasteiger partial charge in [-0.1, -0.05) is 24.3 Å². The van der Waals surface area contributed by atoms with Crippen LogP contribution in [0.25, 0.3) is 0 Å². The van der Waals surface area contributed by atoms with Gasteiger partial charge in [0.15, 0.2) is 11.5 Å². The summed E-state index contributed by atoms with van der Waals surface area (Å²) in [6.07, 6.45) is 5.15. The lowest BCUT2D eigenvalue weighted by atomic mass is 10.2. The summed E-state index contributed by atoms with van der Waals surface area (Å²) in [5.74, 6) is 2.23. The summed E-state index contributed by atoms with van der Waals surface area (Å²) in [5, 5.41) is 5.62. The number of carbonyl (C=O) groups excluding carboxylic acids is 1. The zero-order chi connectivity index (χ0) is 19.6. The summed E-state index contributed by atoms with van der Waals surface area (Å²) >= 11 is 0. The lowest BCUT2D eigenvalue weighted by molar-refractivity contribution is 0.210. The van der Waals surface area contributed by atoms with Crippen molar-refractivity contribution in [2.75, 3.05) is 20.3 Å². The number of ether oxygens (including phenoxy) is 3. The minimum Gasteiger partial charge on any atom is -0.493 e. The molecule has 2 N–H and O–H groups in total. The molecular weight excluding hydrogens is 356 g/mol. The number of rotatable bonds is 9. The van der Waals surface area contributed by atoms with Gasteiger partial charge in [0.1, 0.15) is 12.4 Å². The molecule has 1 fully saturated rings. The standard InChI is InChI=1S/C22H28N2O4/c1-26-20-8-4-5-9-21(20)27-15-14-23-22(25)24-16-17-10-12-19(13-11-17)28-18-6-2-3-7-18/h4-5,8-13,18H,2-3,6-7,14-16H2,1H3,(H2,23,24,25). The number of benzene rings is 2. The maximum Gasteiger partial charge on any atom is 0.315 e. The SMILES string of the molecule is COc1ccccc1OCCNC(=O)NCc1ccc(OC2CCCC2)cc1. The van der Waals surface area contributed by atoms with Crippen LogP contribution in [0, 0.1) is 0 Å². The molecule has 1 saturated carbocycles. The minimum absolute atomic E-state index is 0.227. The Bertz CT molecular complexity index is 742. The van der Waals surface area contributed by atoms with Gasteiger partial charge in [0.25, 0.3) is 0 Å². The van der Waals surface area contributed by atoms with Crippen molar-refractivity contribution in [1.82, 2.24) is 10.6 Å². The smallest absolute Gasteiger partial charge is 0.315 e. The predicted molar refractivity (Wildman–Crippen MR) is 108 cm³/mol. The second-order valence-electron chi connectivity index (χ2n) is 6.78. The van der Waals surface area contributed by atoms with Crippen LogP contribution in [0.15, 0.2) is 48.5 Å². The van der Waals surface area contributed by atoms with Gasteiger partial charge >= 0.3 is 6.03 Å². The topological polar surface area (TPSA) is 68.8 Å². The van der Waals surface area contributed by atoms with Crippen molar-refractivity contribution in [2.45, 2.75) is 38.3 Å². The molecule has 150 valence electrons. The maximum absolute atomic E-state index is 11.9. The molecule has 0 aliphatic heterocycles. The number of methoxy groups -OCH3 is 1. The van der Waals surface area contributed by atoms with E-state index in [9.17, 15) is 4.79 Å². The monoisotopic (exact) mass is 384 g/mol. The average Bonchev–Trinajstić information content (AvgIpc) is 3.24. The molecule has 3 rings (SSSR count). The first-order valence-corrected chi connectivity index (χ1v) is 9.77. The average molecular weight is 384 g/mol. The third-order valence-electron chi connectivity index (χ3n) is 4.70. The van der Waals surface area contributed by atoms with E-state index in [1.54, 1.807) is 7.11 Å². The molecule has 0 radical (unpaired) electrons. The fourth-order valence-electron chi connectivity index (χ4n) is 3.19. The van der Waals surface area contributed by atoms with Crippen LogP contribution in [0.1, 0.15) is 31.2 Å². The Balaban J connectivity index is 1.32. The first-order valence-electron chi connectivity index (χ1n) is 9.77. The van der Waals surface area contributed by atoms with Gasteiger partial charge in [0.05, 0.1) is 19.8 Å². The van der Waals surface area contributed by atoms with E-state index in [-0.39, 0.29) is 6.03 Å². The van der Waals surface area contributed by atoms with Crippen molar-refractivity contribution in [3.63, 3.8) is 0 Å². The van der Waals surface area contributed by atoms with E-state index in [1.807, 2.05) is 48.5 Å². The molecular formula is C22H28N2O4. The molecule has 6 heteroatoms. The van der Waals surface area contributed by atoms with Crippen molar-refractivity contribution < 1.29 is 19.0 Å². The minimum atomic E-state index is -0.227. The lowest BCUT2D eigenvalue weighted by Gasteiger charge is -2.13. The highest BCUT2D eigenvalue weighted by Gasteiger charge is 2.16. The number of para-hydroxylation sites is 2. The van der Waals surface area contributed by atoms with E-state index in [0.717, 1.165) is 24.2 Å². The van der Waals surface area contributed by atoms with E-state index in [1.165, 1.54) is 12.8 Å². The Labute approximate surface area is 166 Å². The van der Waals surface area contributed by atoms with Crippen LogP contribution >= 0.6 is 0 Å². The molecule has 2 aromatic rings. The highest BCUT2D eigenvalue weighted by atomic mass is 16.5. The van der Waals surface area contributed by atoms with Crippen molar-refractivity contribution in [3.05, 3.63) is 54.1 Å². The molecule has 6 nitrogen and oxygen atoms in total. The van der Waals surface area contributed by atoms with Gasteiger partial charge in [0.2, 0.25) is 0 Å². The Morgan fingerprint density at radius 3 is 2.43 bits per heavy atom. The molecule has 0 bridgehead atoms. The summed E-state index contributed by atoms with van der Waals surface area (Å²) in [5.41, 5.74) is 1.03. The number of nitrogens with one attached hydrogen (secondary N) is 2. The number of urea groups is 1. The van der Waals surface area contributed by atoms with E-state index >= 15 is 0 Å². The summed E-state index contributed by atoms with van der Waals surface area (Å²) in [6.45, 7) is 1.22. The van der Waals surface area contributed by atoms with E-state index in [2.05, 4.69) is 10.6 Å². The second-order valence-corrected chi connectivity index (χ2v) is 6.78. The zero-order valence-corrected chi connectivity index (χ0v) is 16.3. The predicted octanol–water partition coefficient (Wildman–Crippen LogP) is 3.89. The maximum atomic E-state index is 11.9. The quantitative estimate of drug-likeness (QED) is 0.644. The molecule has 0 aromatic heterocycles. The van der Waals surface area contributed by atoms with Gasteiger partial charge < -0.3 is 24.8 Å². The highest BCUT2D eigenvalue weighted by molar-refractivity contribution is 5.73. The molecule has 0 heterocycles. The fraction of sp³-hybridized carbons (Fsp3) is 0.409. The second kappa shape index (κ2) is 10.4. The normalized spacial score (nSPS) is 13.8. The molecule has 1 aliphatic rings. The van der Waals surface area contributed by atoms with Crippen LogP contribution in [0.4, 0.5) is 4.79 Å². The van der Waals surface area contributed by atoms with Crippen LogP contribution in [-0.4, -0.2) is 32.4 Å². The third-order valence-corrected chi connectivity index (χ3v) is 4.70. The fourth-order valence-corrected chi connectivity index (χ4v) is 3.19. The van der Waals surface area contributed by atoms with E-state index < -0.39 is 0 Å². The first-order chi connectivity index (χ1) is 13.7. The number of amides is 2. The highest BCUT2D eigenvalue weighted by Crippen LogP contribution is 2.25. The van der Waals surface area contributed by atoms with Gasteiger partial charge in [-0.3, -0.25) is 0 Å². The van der Waals surface area contributed by atoms with Gasteiger partial charge in [-0.15, -0.1) is 0 Å². The Hall–Kier alpha value is -2.89. The summed E-state index contributed by atoms with van der Waals surface area (Å²) in [4.78, 5) is 11.9. The van der Waals surface area contributed by atoms with Crippen molar-refractivity contribution in [1.29, 1.82) is 0 Å². The number of hydrogen-bond acceptors (Lipinski definition) is 4. The molecule has 0 atom stereocenters. The van der Waals surface area contributed by atoms with Gasteiger partial charge in [0, 0.05) is 6.54 Å². The third kappa shape index (κ3) is 6.08. The van der Waals surface area contributed by atoms with E-state index in [0.29, 0.717) is 37.3 Å². The van der Waals surface area contributed by atoms with Gasteiger partial charge in [-0.25, -0.2) is 4.79 Å². The van der Waals surface area contributed by atoms with Crippen molar-refractivity contribution in [3.8, 4) is 17.2 Å². The molecule has 2 aromatic carbocycles. The molecule has 2 amide bonds. The van der Waals surface area contributed by atoms with Crippen molar-refractivity contribution >= 4 is 6.03 Å². The summed E-state index contributed by atoms with van der Waals surface area (Å²) in [7, 11) is 1.60. The van der Waals surface area contributed by atoms with Crippen LogP contribution in [0.5, 0.6) is 17.2 Å². The summed E-state index contributed by atoms with van der Waals surface area (Å²) < 4.78 is 16.8. The molecule has 28 heavy (non-hydrogen) atoms. The number of carbonyl (C=O) groups is 1. The Morgan fingerprint density at radius 1 is 1.00 bits per heavy atom. The van der Waals surface area contributed by atoms with Gasteiger partial charge in [-0.05, 0) is 55.5 Å². The first kappa shape index (κ1) is 19.9. The number of hydrogen-bond donors (Lipinski definition) is 2. The molecule has 0 spiro atoms. The van der Waals surface area contributed by atoms with Crippen LogP contribution < -0.4 is 24.8 Å². The summed E-state index contributed by atoms with van der Waals surface area (Å²) in [6, 6.07) is 15.1. The van der Waals surface area contributed by atoms with Crippen LogP contribution in [0.2, 0.25) is 0 Å². The van der Waals surface area contributed by atoms with E-state index in [4.69, 9.17) is 14.2 Å². The molecule has 1 aliphatic carbocycles. The van der Waals surface area contributed by atoms with Gasteiger partial charge in [-0.2, -0.15) is 0 Å². The van der Waals surface area contributed by atoms with Crippen LogP contribution in [-0.2, 0) is 6.54 Å². The Kier molecular flexibility index (Phi) is 7.41. The molecule has 0 saturated heterocycles. The van der Waals surface area contributed by atoms with Crippen LogP contribution in [0.3, 0.4) is 0 Å². The van der Waals surface area contributed by atoms with Crippen molar-refractivity contribution in [2.24, 2.45) is 0 Å².